The van der Waals surface area contributed by atoms with Gasteiger partial charge in [0.15, 0.2) is 0 Å². The number of hydrogen-bond donors (Lipinski definition) is 2. The maximum absolute atomic E-state index is 11.5. The van der Waals surface area contributed by atoms with E-state index >= 15 is 0 Å². The molecule has 1 rings (SSSR count). The standard InChI is InChI=1S/C11H20N4OS/c1-17-9-4-10(12)11(16)13-5-2-7-15-8-3-6-14-15/h3,6,8,10H,2,4-5,7,9,12H2,1H3,(H,13,16)/t10-/m1/s1. The summed E-state index contributed by atoms with van der Waals surface area (Å²) in [6.07, 6.45) is 7.26. The number of rotatable bonds is 8. The molecule has 0 aliphatic carbocycles. The molecule has 0 fully saturated rings. The third-order valence-electron chi connectivity index (χ3n) is 2.39. The minimum absolute atomic E-state index is 0.0560. The third-order valence-corrected chi connectivity index (χ3v) is 3.04. The number of aromatic nitrogens is 2. The Balaban J connectivity index is 2.07. The lowest BCUT2D eigenvalue weighted by molar-refractivity contribution is -0.122. The monoisotopic (exact) mass is 256 g/mol. The Morgan fingerprint density at radius 2 is 2.47 bits per heavy atom. The Kier molecular flexibility index (Phi) is 6.73. The van der Waals surface area contributed by atoms with E-state index in [0.29, 0.717) is 6.54 Å². The lowest BCUT2D eigenvalue weighted by atomic mass is 10.2. The second-order valence-electron chi connectivity index (χ2n) is 3.80. The Hall–Kier alpha value is -1.01. The molecule has 0 aliphatic rings. The van der Waals surface area contributed by atoms with Gasteiger partial charge in [-0.1, -0.05) is 0 Å². The minimum Gasteiger partial charge on any atom is -0.355 e. The molecule has 0 spiro atoms. The van der Waals surface area contributed by atoms with Crippen LogP contribution in [0.25, 0.3) is 0 Å². The highest BCUT2D eigenvalue weighted by Gasteiger charge is 2.11. The van der Waals surface area contributed by atoms with E-state index in [1.54, 1.807) is 18.0 Å². The van der Waals surface area contributed by atoms with Crippen molar-refractivity contribution in [2.75, 3.05) is 18.6 Å². The number of nitrogens with one attached hydrogen (secondary N) is 1. The number of nitrogens with zero attached hydrogens (tertiary/aromatic N) is 2. The summed E-state index contributed by atoms with van der Waals surface area (Å²) in [5.41, 5.74) is 5.74. The molecule has 1 amide bonds. The van der Waals surface area contributed by atoms with Crippen LogP contribution in [-0.2, 0) is 11.3 Å². The summed E-state index contributed by atoms with van der Waals surface area (Å²) in [5, 5.41) is 6.92. The van der Waals surface area contributed by atoms with Crippen molar-refractivity contribution in [2.24, 2.45) is 5.73 Å². The SMILES string of the molecule is CSCC[C@@H](N)C(=O)NCCCn1cccn1. The molecule has 0 aromatic carbocycles. The molecule has 0 saturated heterocycles. The summed E-state index contributed by atoms with van der Waals surface area (Å²) in [4.78, 5) is 11.5. The molecule has 0 saturated carbocycles. The number of carbonyl (C=O) groups is 1. The van der Waals surface area contributed by atoms with Gasteiger partial charge < -0.3 is 11.1 Å². The predicted molar refractivity (Wildman–Crippen MR) is 70.8 cm³/mol. The Morgan fingerprint density at radius 1 is 1.65 bits per heavy atom. The zero-order chi connectivity index (χ0) is 12.5. The molecular formula is C11H20N4OS. The van der Waals surface area contributed by atoms with Gasteiger partial charge in [0.05, 0.1) is 6.04 Å². The molecule has 1 atom stereocenters. The maximum Gasteiger partial charge on any atom is 0.236 e. The van der Waals surface area contributed by atoms with Crippen molar-refractivity contribution >= 4 is 17.7 Å². The van der Waals surface area contributed by atoms with Gasteiger partial charge in [0, 0.05) is 25.5 Å². The molecule has 0 radical (unpaired) electrons. The fraction of sp³-hybridized carbons (Fsp3) is 0.636. The fourth-order valence-corrected chi connectivity index (χ4v) is 1.88. The first-order valence-electron chi connectivity index (χ1n) is 5.73. The van der Waals surface area contributed by atoms with E-state index in [0.717, 1.165) is 25.1 Å². The molecule has 1 aromatic heterocycles. The Bertz CT molecular complexity index is 315. The van der Waals surface area contributed by atoms with Gasteiger partial charge in [-0.2, -0.15) is 16.9 Å². The highest BCUT2D eigenvalue weighted by atomic mass is 32.2. The number of thioether (sulfide) groups is 1. The van der Waals surface area contributed by atoms with E-state index in [1.807, 2.05) is 23.2 Å². The van der Waals surface area contributed by atoms with Crippen molar-refractivity contribution in [1.29, 1.82) is 0 Å². The van der Waals surface area contributed by atoms with Crippen LogP contribution >= 0.6 is 11.8 Å². The van der Waals surface area contributed by atoms with E-state index in [1.165, 1.54) is 0 Å². The first-order valence-corrected chi connectivity index (χ1v) is 7.13. The highest BCUT2D eigenvalue weighted by Crippen LogP contribution is 1.98. The summed E-state index contributed by atoms with van der Waals surface area (Å²) in [6.45, 7) is 1.46. The highest BCUT2D eigenvalue weighted by molar-refractivity contribution is 7.98. The second kappa shape index (κ2) is 8.14. The van der Waals surface area contributed by atoms with Crippen LogP contribution in [0, 0.1) is 0 Å². The van der Waals surface area contributed by atoms with Crippen LogP contribution in [0.1, 0.15) is 12.8 Å². The number of aryl methyl sites for hydroxylation is 1. The lowest BCUT2D eigenvalue weighted by Crippen LogP contribution is -2.41. The summed E-state index contributed by atoms with van der Waals surface area (Å²) < 4.78 is 1.85. The Morgan fingerprint density at radius 3 is 3.12 bits per heavy atom. The van der Waals surface area contributed by atoms with Gasteiger partial charge >= 0.3 is 0 Å². The van der Waals surface area contributed by atoms with Crippen molar-refractivity contribution in [3.8, 4) is 0 Å². The fourth-order valence-electron chi connectivity index (χ4n) is 1.39. The number of nitrogens with two attached hydrogens (primary N) is 1. The first kappa shape index (κ1) is 14.1. The second-order valence-corrected chi connectivity index (χ2v) is 4.79. The summed E-state index contributed by atoms with van der Waals surface area (Å²) in [5.74, 6) is 0.863. The summed E-state index contributed by atoms with van der Waals surface area (Å²) >= 11 is 1.70. The average Bonchev–Trinajstić information content (AvgIpc) is 2.84. The molecule has 6 heteroatoms. The van der Waals surface area contributed by atoms with E-state index < -0.39 is 0 Å². The van der Waals surface area contributed by atoms with Crippen LogP contribution in [0.5, 0.6) is 0 Å². The molecule has 0 unspecified atom stereocenters. The van der Waals surface area contributed by atoms with Crippen LogP contribution < -0.4 is 11.1 Å². The normalized spacial score (nSPS) is 12.4. The van der Waals surface area contributed by atoms with Crippen LogP contribution in [0.15, 0.2) is 18.5 Å². The van der Waals surface area contributed by atoms with Crippen molar-refractivity contribution in [3.63, 3.8) is 0 Å². The molecule has 0 aliphatic heterocycles. The molecule has 0 bridgehead atoms. The van der Waals surface area contributed by atoms with E-state index in [4.69, 9.17) is 5.73 Å². The molecular weight excluding hydrogens is 236 g/mol. The quantitative estimate of drug-likeness (QED) is 0.663. The van der Waals surface area contributed by atoms with Gasteiger partial charge in [-0.25, -0.2) is 0 Å². The van der Waals surface area contributed by atoms with Crippen LogP contribution in [-0.4, -0.2) is 40.3 Å². The van der Waals surface area contributed by atoms with Gasteiger partial charge in [-0.3, -0.25) is 9.48 Å². The van der Waals surface area contributed by atoms with Crippen molar-refractivity contribution < 1.29 is 4.79 Å². The zero-order valence-electron chi connectivity index (χ0n) is 10.1. The molecule has 5 nitrogen and oxygen atoms in total. The van der Waals surface area contributed by atoms with Crippen LogP contribution in [0.4, 0.5) is 0 Å². The number of hydrogen-bond acceptors (Lipinski definition) is 4. The molecule has 3 N–H and O–H groups in total. The van der Waals surface area contributed by atoms with E-state index in [-0.39, 0.29) is 11.9 Å². The van der Waals surface area contributed by atoms with Crippen molar-refractivity contribution in [2.45, 2.75) is 25.4 Å². The number of amides is 1. The zero-order valence-corrected chi connectivity index (χ0v) is 10.9. The van der Waals surface area contributed by atoms with Crippen molar-refractivity contribution in [3.05, 3.63) is 18.5 Å². The maximum atomic E-state index is 11.5. The average molecular weight is 256 g/mol. The van der Waals surface area contributed by atoms with Crippen molar-refractivity contribution in [1.82, 2.24) is 15.1 Å². The van der Waals surface area contributed by atoms with E-state index in [9.17, 15) is 4.79 Å². The first-order chi connectivity index (χ1) is 8.24. The van der Waals surface area contributed by atoms with Gasteiger partial charge in [-0.05, 0) is 30.9 Å². The van der Waals surface area contributed by atoms with Gasteiger partial charge in [0.25, 0.3) is 0 Å². The van der Waals surface area contributed by atoms with Gasteiger partial charge in [0.1, 0.15) is 0 Å². The smallest absolute Gasteiger partial charge is 0.236 e. The molecule has 17 heavy (non-hydrogen) atoms. The summed E-state index contributed by atoms with van der Waals surface area (Å²) in [7, 11) is 0. The largest absolute Gasteiger partial charge is 0.355 e. The molecule has 1 heterocycles. The minimum atomic E-state index is -0.382. The van der Waals surface area contributed by atoms with Crippen LogP contribution in [0.3, 0.4) is 0 Å². The predicted octanol–water partition coefficient (Wildman–Crippen LogP) is 0.470. The number of carbonyl (C=O) groups excluding carboxylic acids is 1. The lowest BCUT2D eigenvalue weighted by Gasteiger charge is -2.11. The topological polar surface area (TPSA) is 72.9 Å². The Labute approximate surface area is 106 Å². The van der Waals surface area contributed by atoms with Crippen LogP contribution in [0.2, 0.25) is 0 Å². The molecule has 1 aromatic rings. The third kappa shape index (κ3) is 5.74. The molecule has 96 valence electrons. The van der Waals surface area contributed by atoms with Gasteiger partial charge in [0.2, 0.25) is 5.91 Å². The summed E-state index contributed by atoms with van der Waals surface area (Å²) in [6, 6.07) is 1.50. The van der Waals surface area contributed by atoms with Gasteiger partial charge in [-0.15, -0.1) is 0 Å². The van der Waals surface area contributed by atoms with E-state index in [2.05, 4.69) is 10.4 Å².